The second-order valence-corrected chi connectivity index (χ2v) is 9.51. The molecule has 1 aliphatic rings. The molecule has 0 aliphatic carbocycles. The number of carbonyl (C=O) groups is 1. The van der Waals surface area contributed by atoms with Gasteiger partial charge in [0.05, 0.1) is 12.1 Å². The Kier molecular flexibility index (Phi) is 6.74. The van der Waals surface area contributed by atoms with Gasteiger partial charge in [-0.25, -0.2) is 0 Å². The van der Waals surface area contributed by atoms with Crippen LogP contribution in [0.25, 0.3) is 0 Å². The number of ether oxygens (including phenoxy) is 1. The molecular weight excluding hydrogens is 499 g/mol. The lowest BCUT2D eigenvalue weighted by molar-refractivity contribution is -0.149. The van der Waals surface area contributed by atoms with E-state index in [0.717, 1.165) is 20.3 Å². The van der Waals surface area contributed by atoms with Gasteiger partial charge in [0.15, 0.2) is 6.23 Å². The Morgan fingerprint density at radius 3 is 1.90 bits per heavy atom. The van der Waals surface area contributed by atoms with Gasteiger partial charge >= 0.3 is 0 Å². The van der Waals surface area contributed by atoms with E-state index in [2.05, 4.69) is 95.6 Å². The average molecular weight is 526 g/mol. The number of halogens is 1. The Morgan fingerprint density at radius 1 is 0.903 bits per heavy atom. The van der Waals surface area contributed by atoms with Crippen LogP contribution < -0.4 is 10.6 Å². The molecule has 31 heavy (non-hydrogen) atoms. The van der Waals surface area contributed by atoms with Gasteiger partial charge in [-0.1, -0.05) is 86.6 Å². The predicted octanol–water partition coefficient (Wildman–Crippen LogP) is 4.67. The highest BCUT2D eigenvalue weighted by Crippen LogP contribution is 2.38. The first-order chi connectivity index (χ1) is 15.0. The van der Waals surface area contributed by atoms with E-state index < -0.39 is 11.6 Å². The van der Waals surface area contributed by atoms with Crippen molar-refractivity contribution in [1.29, 1.82) is 0 Å². The first-order valence-electron chi connectivity index (χ1n) is 10.6. The second-order valence-electron chi connectivity index (χ2n) is 8.27. The van der Waals surface area contributed by atoms with Crippen LogP contribution in [0, 0.1) is 9.49 Å². The fraction of sp³-hybridized carbons (Fsp3) is 0.269. The standard InChI is InChI=1S/C26H27IN2O2/c1-18(2)17-31-25-23(24(30)28-25)29-26(19-9-5-3-6-10-19,20-11-7-4-8-12-20)21-13-15-22(27)16-14-21/h3-16,18,23,25,29H,17H2,1-2H3,(H,28,30)/t23-,25-/m1/s1. The van der Waals surface area contributed by atoms with Crippen molar-refractivity contribution in [2.24, 2.45) is 5.92 Å². The Labute approximate surface area is 197 Å². The molecule has 1 amide bonds. The number of rotatable bonds is 8. The third-order valence-electron chi connectivity index (χ3n) is 5.54. The molecule has 1 fully saturated rings. The molecule has 1 aliphatic heterocycles. The molecule has 2 atom stereocenters. The van der Waals surface area contributed by atoms with Gasteiger partial charge in [0.2, 0.25) is 5.91 Å². The van der Waals surface area contributed by atoms with E-state index in [1.165, 1.54) is 0 Å². The minimum Gasteiger partial charge on any atom is -0.356 e. The number of carbonyl (C=O) groups excluding carboxylic acids is 1. The topological polar surface area (TPSA) is 50.4 Å². The van der Waals surface area contributed by atoms with Crippen LogP contribution in [0.2, 0.25) is 0 Å². The van der Waals surface area contributed by atoms with Gasteiger partial charge in [-0.05, 0) is 57.3 Å². The van der Waals surface area contributed by atoms with E-state index in [1.54, 1.807) is 0 Å². The van der Waals surface area contributed by atoms with Crippen LogP contribution in [0.4, 0.5) is 0 Å². The van der Waals surface area contributed by atoms with Crippen molar-refractivity contribution >= 4 is 28.5 Å². The van der Waals surface area contributed by atoms with Crippen molar-refractivity contribution in [3.63, 3.8) is 0 Å². The second kappa shape index (κ2) is 9.51. The summed E-state index contributed by atoms with van der Waals surface area (Å²) in [6, 6.07) is 28.6. The smallest absolute Gasteiger partial charge is 0.243 e. The van der Waals surface area contributed by atoms with E-state index in [0.29, 0.717) is 12.5 Å². The number of benzene rings is 3. The fourth-order valence-corrected chi connectivity index (χ4v) is 4.35. The minimum atomic E-state index is -0.700. The SMILES string of the molecule is CC(C)CO[C@H]1NC(=O)[C@H]1NC(c1ccccc1)(c1ccccc1)c1ccc(I)cc1. The van der Waals surface area contributed by atoms with Gasteiger partial charge in [-0.3, -0.25) is 10.1 Å². The van der Waals surface area contributed by atoms with Crippen molar-refractivity contribution < 1.29 is 9.53 Å². The maximum Gasteiger partial charge on any atom is 0.243 e. The average Bonchev–Trinajstić information content (AvgIpc) is 2.79. The zero-order valence-corrected chi connectivity index (χ0v) is 19.9. The third kappa shape index (κ3) is 4.54. The number of β-lactam (4-membered cyclic amide) rings is 1. The Bertz CT molecular complexity index is 967. The molecule has 5 heteroatoms. The molecule has 1 saturated heterocycles. The highest BCUT2D eigenvalue weighted by Gasteiger charge is 2.47. The van der Waals surface area contributed by atoms with Gasteiger partial charge in [-0.15, -0.1) is 0 Å². The Hall–Kier alpha value is -2.22. The van der Waals surface area contributed by atoms with Crippen LogP contribution in [-0.4, -0.2) is 24.8 Å². The molecule has 0 aromatic heterocycles. The molecule has 0 bridgehead atoms. The number of hydrogen-bond acceptors (Lipinski definition) is 3. The first-order valence-corrected chi connectivity index (χ1v) is 11.7. The van der Waals surface area contributed by atoms with Crippen molar-refractivity contribution in [2.75, 3.05) is 6.61 Å². The summed E-state index contributed by atoms with van der Waals surface area (Å²) >= 11 is 2.32. The summed E-state index contributed by atoms with van der Waals surface area (Å²) in [5.41, 5.74) is 2.52. The summed E-state index contributed by atoms with van der Waals surface area (Å²) in [6.07, 6.45) is -0.356. The molecule has 4 nitrogen and oxygen atoms in total. The molecule has 3 aromatic carbocycles. The summed E-state index contributed by atoms with van der Waals surface area (Å²) in [6.45, 7) is 4.80. The van der Waals surface area contributed by atoms with E-state index in [9.17, 15) is 4.79 Å². The molecule has 3 aromatic rings. The highest BCUT2D eigenvalue weighted by molar-refractivity contribution is 14.1. The summed E-state index contributed by atoms with van der Waals surface area (Å²) in [5.74, 6) is 0.345. The van der Waals surface area contributed by atoms with E-state index in [1.807, 2.05) is 36.4 Å². The van der Waals surface area contributed by atoms with Gasteiger partial charge < -0.3 is 10.1 Å². The summed E-state index contributed by atoms with van der Waals surface area (Å²) in [5, 5.41) is 6.63. The van der Waals surface area contributed by atoms with Crippen LogP contribution in [0.15, 0.2) is 84.9 Å². The number of hydrogen-bond donors (Lipinski definition) is 2. The molecule has 2 N–H and O–H groups in total. The quantitative estimate of drug-likeness (QED) is 0.255. The molecule has 0 spiro atoms. The normalized spacial score (nSPS) is 18.5. The lowest BCUT2D eigenvalue weighted by Gasteiger charge is -2.45. The summed E-state index contributed by atoms with van der Waals surface area (Å²) in [7, 11) is 0. The van der Waals surface area contributed by atoms with Crippen LogP contribution in [0.5, 0.6) is 0 Å². The largest absolute Gasteiger partial charge is 0.356 e. The van der Waals surface area contributed by atoms with Gasteiger partial charge in [-0.2, -0.15) is 0 Å². The third-order valence-corrected chi connectivity index (χ3v) is 6.26. The zero-order valence-electron chi connectivity index (χ0n) is 17.7. The minimum absolute atomic E-state index is 0.0458. The number of amides is 1. The van der Waals surface area contributed by atoms with E-state index >= 15 is 0 Å². The summed E-state index contributed by atoms with van der Waals surface area (Å²) < 4.78 is 7.16. The van der Waals surface area contributed by atoms with Gasteiger partial charge in [0.1, 0.15) is 6.04 Å². The lowest BCUT2D eigenvalue weighted by Crippen LogP contribution is -2.72. The lowest BCUT2D eigenvalue weighted by atomic mass is 9.76. The molecule has 160 valence electrons. The highest BCUT2D eigenvalue weighted by atomic mass is 127. The van der Waals surface area contributed by atoms with E-state index in [4.69, 9.17) is 4.74 Å². The van der Waals surface area contributed by atoms with Crippen LogP contribution in [0.1, 0.15) is 30.5 Å². The molecule has 4 rings (SSSR count). The van der Waals surface area contributed by atoms with Gasteiger partial charge in [0, 0.05) is 3.57 Å². The Morgan fingerprint density at radius 2 is 1.42 bits per heavy atom. The first kappa shape index (κ1) is 22.0. The predicted molar refractivity (Wildman–Crippen MR) is 132 cm³/mol. The fourth-order valence-electron chi connectivity index (χ4n) is 3.99. The number of nitrogens with one attached hydrogen (secondary N) is 2. The summed E-state index contributed by atoms with van der Waals surface area (Å²) in [4.78, 5) is 12.7. The molecular formula is C26H27IN2O2. The molecule has 0 unspecified atom stereocenters. The van der Waals surface area contributed by atoms with Crippen molar-refractivity contribution in [3.05, 3.63) is 105 Å². The van der Waals surface area contributed by atoms with Crippen molar-refractivity contribution in [1.82, 2.24) is 10.6 Å². The molecule has 0 radical (unpaired) electrons. The van der Waals surface area contributed by atoms with E-state index in [-0.39, 0.29) is 12.1 Å². The van der Waals surface area contributed by atoms with Gasteiger partial charge in [0.25, 0.3) is 0 Å². The molecule has 1 heterocycles. The zero-order chi connectivity index (χ0) is 21.8. The monoisotopic (exact) mass is 526 g/mol. The van der Waals surface area contributed by atoms with Crippen molar-refractivity contribution in [2.45, 2.75) is 31.7 Å². The van der Waals surface area contributed by atoms with Crippen LogP contribution in [-0.2, 0) is 15.1 Å². The van der Waals surface area contributed by atoms with Crippen LogP contribution >= 0.6 is 22.6 Å². The maximum atomic E-state index is 12.7. The molecule has 0 saturated carbocycles. The van der Waals surface area contributed by atoms with Crippen molar-refractivity contribution in [3.8, 4) is 0 Å². The van der Waals surface area contributed by atoms with Crippen LogP contribution in [0.3, 0.4) is 0 Å². The maximum absolute atomic E-state index is 12.7. The Balaban J connectivity index is 1.84.